The highest BCUT2D eigenvalue weighted by atomic mass is 79.9. The number of benzene rings is 2. The smallest absolute Gasteiger partial charge is 0.340 e. The highest BCUT2D eigenvalue weighted by Crippen LogP contribution is 2.47. The number of carbonyl (C=O) groups excluding carboxylic acids is 2. The number of Topliss-reactive ketones (excluding diaryl/α,β-unsaturated/α-hetero) is 1. The van der Waals surface area contributed by atoms with Crippen molar-refractivity contribution in [2.45, 2.75) is 31.8 Å². The summed E-state index contributed by atoms with van der Waals surface area (Å²) in [6.45, 7) is 0.167. The third-order valence-corrected chi connectivity index (χ3v) is 6.95. The van der Waals surface area contributed by atoms with Gasteiger partial charge in [-0.25, -0.2) is 4.79 Å². The van der Waals surface area contributed by atoms with E-state index >= 15 is 0 Å². The van der Waals surface area contributed by atoms with E-state index in [2.05, 4.69) is 31.9 Å². The highest BCUT2D eigenvalue weighted by molar-refractivity contribution is 9.11. The van der Waals surface area contributed by atoms with Gasteiger partial charge in [-0.05, 0) is 73.7 Å². The molecule has 9 nitrogen and oxygen atoms in total. The van der Waals surface area contributed by atoms with Crippen LogP contribution in [0.3, 0.4) is 0 Å². The third kappa shape index (κ3) is 4.96. The molecule has 1 heterocycles. The second-order valence-corrected chi connectivity index (χ2v) is 9.65. The number of carbonyl (C=O) groups is 2. The maximum atomic E-state index is 12.9. The second-order valence-electron chi connectivity index (χ2n) is 7.94. The van der Waals surface area contributed by atoms with Crippen molar-refractivity contribution in [1.29, 1.82) is 0 Å². The number of ether oxygens (including phenoxy) is 3. The first-order chi connectivity index (χ1) is 16.7. The van der Waals surface area contributed by atoms with Crippen LogP contribution in [-0.4, -0.2) is 23.8 Å². The summed E-state index contributed by atoms with van der Waals surface area (Å²) in [5, 5.41) is 10.8. The molecule has 0 spiro atoms. The average Bonchev–Trinajstić information content (AvgIpc) is 2.82. The van der Waals surface area contributed by atoms with Crippen LogP contribution in [0, 0.1) is 10.1 Å². The van der Waals surface area contributed by atoms with E-state index < -0.39 is 16.8 Å². The van der Waals surface area contributed by atoms with Gasteiger partial charge >= 0.3 is 5.97 Å². The van der Waals surface area contributed by atoms with Crippen LogP contribution >= 0.6 is 31.9 Å². The predicted molar refractivity (Wildman–Crippen MR) is 132 cm³/mol. The van der Waals surface area contributed by atoms with Gasteiger partial charge in [0.1, 0.15) is 23.7 Å². The normalized spacial score (nSPS) is 17.6. The zero-order chi connectivity index (χ0) is 25.3. The maximum Gasteiger partial charge on any atom is 0.340 e. The molecule has 1 aliphatic heterocycles. The molecule has 35 heavy (non-hydrogen) atoms. The summed E-state index contributed by atoms with van der Waals surface area (Å²) in [4.78, 5) is 35.9. The Hall–Kier alpha value is -3.18. The first-order valence-electron chi connectivity index (χ1n) is 10.6. The Morgan fingerprint density at radius 1 is 1.20 bits per heavy atom. The van der Waals surface area contributed by atoms with Crippen molar-refractivity contribution in [2.75, 3.05) is 7.11 Å². The molecule has 0 radical (unpaired) electrons. The Morgan fingerprint density at radius 3 is 2.46 bits per heavy atom. The SMILES string of the molecule is COC(=O)C1=C(N)OC2=C(C(=O)CCC2)[C@@H]1c1cc(Br)c(OCc2ccc([N+](=O)[O-])cc2)c(Br)c1. The van der Waals surface area contributed by atoms with Crippen molar-refractivity contribution in [3.8, 4) is 5.75 Å². The molecule has 1 aliphatic carbocycles. The molecular weight excluding hydrogens is 588 g/mol. The van der Waals surface area contributed by atoms with E-state index in [1.165, 1.54) is 19.2 Å². The van der Waals surface area contributed by atoms with Crippen LogP contribution < -0.4 is 10.5 Å². The van der Waals surface area contributed by atoms with Crippen molar-refractivity contribution in [3.63, 3.8) is 0 Å². The molecule has 2 N–H and O–H groups in total. The summed E-state index contributed by atoms with van der Waals surface area (Å²) in [5.41, 5.74) is 7.95. The quantitative estimate of drug-likeness (QED) is 0.270. The van der Waals surface area contributed by atoms with Gasteiger partial charge in [0.05, 0.1) is 26.9 Å². The first kappa shape index (κ1) is 24.9. The fourth-order valence-electron chi connectivity index (χ4n) is 4.15. The molecule has 0 unspecified atom stereocenters. The first-order valence-corrected chi connectivity index (χ1v) is 12.2. The number of hydrogen-bond donors (Lipinski definition) is 1. The fraction of sp³-hybridized carbons (Fsp3) is 0.250. The molecule has 0 fully saturated rings. The molecule has 11 heteroatoms. The van der Waals surface area contributed by atoms with Gasteiger partial charge in [0.2, 0.25) is 5.88 Å². The molecule has 4 rings (SSSR count). The molecular formula is C24H20Br2N2O7. The molecule has 1 atom stereocenters. The lowest BCUT2D eigenvalue weighted by atomic mass is 9.77. The number of ketones is 1. The summed E-state index contributed by atoms with van der Waals surface area (Å²) >= 11 is 7.04. The van der Waals surface area contributed by atoms with Gasteiger partial charge in [0.25, 0.3) is 5.69 Å². The number of esters is 1. The molecule has 0 saturated carbocycles. The standard InChI is InChI=1S/C24H20Br2N2O7/c1-33-24(30)21-19(20-17(29)3-2-4-18(20)35-23(21)27)13-9-15(25)22(16(26)10-13)34-11-12-5-7-14(8-6-12)28(31)32/h5-10,19H,2-4,11,27H2,1H3/t19-/m0/s1. The Morgan fingerprint density at radius 2 is 1.86 bits per heavy atom. The van der Waals surface area contributed by atoms with E-state index in [0.717, 1.165) is 5.56 Å². The number of halogens is 2. The molecule has 2 aromatic rings. The van der Waals surface area contributed by atoms with E-state index in [1.807, 2.05) is 0 Å². The topological polar surface area (TPSA) is 131 Å². The van der Waals surface area contributed by atoms with Gasteiger partial charge in [-0.1, -0.05) is 0 Å². The number of nitrogens with zero attached hydrogens (tertiary/aromatic N) is 1. The Balaban J connectivity index is 1.68. The van der Waals surface area contributed by atoms with Gasteiger partial charge < -0.3 is 19.9 Å². The summed E-state index contributed by atoms with van der Waals surface area (Å²) in [6.07, 6.45) is 1.55. The fourth-order valence-corrected chi connectivity index (χ4v) is 5.60. The van der Waals surface area contributed by atoms with E-state index in [9.17, 15) is 19.7 Å². The second kappa shape index (κ2) is 10.2. The summed E-state index contributed by atoms with van der Waals surface area (Å²) in [6, 6.07) is 9.58. The summed E-state index contributed by atoms with van der Waals surface area (Å²) in [5.74, 6) is -0.655. The van der Waals surface area contributed by atoms with E-state index in [1.54, 1.807) is 24.3 Å². The van der Waals surface area contributed by atoms with E-state index in [0.29, 0.717) is 50.9 Å². The number of methoxy groups -OCH3 is 1. The van der Waals surface area contributed by atoms with Crippen LogP contribution in [0.2, 0.25) is 0 Å². The van der Waals surface area contributed by atoms with Crippen molar-refractivity contribution in [3.05, 3.63) is 89.4 Å². The van der Waals surface area contributed by atoms with Gasteiger partial charge in [-0.2, -0.15) is 0 Å². The van der Waals surface area contributed by atoms with Crippen molar-refractivity contribution >= 4 is 49.3 Å². The lowest BCUT2D eigenvalue weighted by Crippen LogP contribution is -2.31. The van der Waals surface area contributed by atoms with Crippen molar-refractivity contribution in [2.24, 2.45) is 5.73 Å². The van der Waals surface area contributed by atoms with Crippen molar-refractivity contribution in [1.82, 2.24) is 0 Å². The van der Waals surface area contributed by atoms with Crippen LogP contribution in [0.1, 0.15) is 36.3 Å². The lowest BCUT2D eigenvalue weighted by Gasteiger charge is -2.32. The number of non-ortho nitro benzene ring substituents is 1. The molecule has 182 valence electrons. The number of nitrogens with two attached hydrogens (primary N) is 1. The van der Waals surface area contributed by atoms with Crippen LogP contribution in [0.5, 0.6) is 5.75 Å². The summed E-state index contributed by atoms with van der Waals surface area (Å²) in [7, 11) is 1.24. The van der Waals surface area contributed by atoms with Gasteiger partial charge in [-0.3, -0.25) is 14.9 Å². The molecule has 0 bridgehead atoms. The average molecular weight is 608 g/mol. The monoisotopic (exact) mass is 606 g/mol. The molecule has 0 saturated heterocycles. The molecule has 2 aliphatic rings. The minimum atomic E-state index is -0.754. The minimum absolute atomic E-state index is 0.00315. The largest absolute Gasteiger partial charge is 0.487 e. The molecule has 0 amide bonds. The number of nitro groups is 1. The van der Waals surface area contributed by atoms with Crippen LogP contribution in [0.15, 0.2) is 68.1 Å². The molecule has 2 aromatic carbocycles. The van der Waals surface area contributed by atoms with Gasteiger partial charge in [0, 0.05) is 30.5 Å². The molecule has 0 aromatic heterocycles. The number of allylic oxidation sites excluding steroid dienone is 2. The predicted octanol–water partition coefficient (Wildman–Crippen LogP) is 5.16. The number of rotatable bonds is 6. The Labute approximate surface area is 217 Å². The van der Waals surface area contributed by atoms with Gasteiger partial charge in [-0.15, -0.1) is 0 Å². The zero-order valence-corrected chi connectivity index (χ0v) is 21.7. The van der Waals surface area contributed by atoms with E-state index in [4.69, 9.17) is 19.9 Å². The lowest BCUT2D eigenvalue weighted by molar-refractivity contribution is -0.384. The van der Waals surface area contributed by atoms with E-state index in [-0.39, 0.29) is 29.5 Å². The van der Waals surface area contributed by atoms with Crippen LogP contribution in [-0.2, 0) is 25.7 Å². The number of hydrogen-bond acceptors (Lipinski definition) is 8. The van der Waals surface area contributed by atoms with Crippen LogP contribution in [0.4, 0.5) is 5.69 Å². The summed E-state index contributed by atoms with van der Waals surface area (Å²) < 4.78 is 17.7. The highest BCUT2D eigenvalue weighted by Gasteiger charge is 2.41. The third-order valence-electron chi connectivity index (χ3n) is 5.77. The Bertz CT molecular complexity index is 1260. The number of nitro benzene ring substituents is 1. The van der Waals surface area contributed by atoms with Crippen molar-refractivity contribution < 1.29 is 28.7 Å². The minimum Gasteiger partial charge on any atom is -0.487 e. The van der Waals surface area contributed by atoms with Gasteiger partial charge in [0.15, 0.2) is 5.78 Å². The Kier molecular flexibility index (Phi) is 7.27. The maximum absolute atomic E-state index is 12.9. The van der Waals surface area contributed by atoms with Crippen LogP contribution in [0.25, 0.3) is 0 Å². The zero-order valence-electron chi connectivity index (χ0n) is 18.5.